The molecule has 0 spiro atoms. The van der Waals surface area contributed by atoms with Gasteiger partial charge >= 0.3 is 5.97 Å². The first-order chi connectivity index (χ1) is 12.6. The van der Waals surface area contributed by atoms with Crippen LogP contribution in [0.2, 0.25) is 0 Å². The first-order valence-corrected chi connectivity index (χ1v) is 9.55. The predicted octanol–water partition coefficient (Wildman–Crippen LogP) is 0.796. The Hall–Kier alpha value is -1.97. The molecule has 1 unspecified atom stereocenters. The molecule has 142 valence electrons. The van der Waals surface area contributed by atoms with Gasteiger partial charge in [-0.1, -0.05) is 0 Å². The van der Waals surface area contributed by atoms with Crippen LogP contribution in [0.3, 0.4) is 0 Å². The Kier molecular flexibility index (Phi) is 6.23. The van der Waals surface area contributed by atoms with E-state index in [-0.39, 0.29) is 24.5 Å². The molecule has 9 heteroatoms. The normalized spacial score (nSPS) is 20.8. The average molecular weight is 381 g/mol. The summed E-state index contributed by atoms with van der Waals surface area (Å²) in [5.41, 5.74) is 0.359. The fourth-order valence-corrected chi connectivity index (χ4v) is 3.94. The van der Waals surface area contributed by atoms with Crippen molar-refractivity contribution in [1.82, 2.24) is 9.80 Å². The molecule has 0 saturated carbocycles. The van der Waals surface area contributed by atoms with Crippen molar-refractivity contribution in [2.45, 2.75) is 18.9 Å². The van der Waals surface area contributed by atoms with Gasteiger partial charge < -0.3 is 19.7 Å². The summed E-state index contributed by atoms with van der Waals surface area (Å²) in [7, 11) is 1.31. The third kappa shape index (κ3) is 4.40. The molecule has 1 aromatic rings. The Bertz CT molecular complexity index is 663. The maximum absolute atomic E-state index is 12.3. The fraction of sp³-hybridized carbons (Fsp3) is 0.588. The number of ether oxygens (including phenoxy) is 2. The van der Waals surface area contributed by atoms with E-state index in [0.717, 1.165) is 12.8 Å². The van der Waals surface area contributed by atoms with Crippen molar-refractivity contribution in [1.29, 1.82) is 0 Å². The maximum Gasteiger partial charge on any atom is 0.340 e. The summed E-state index contributed by atoms with van der Waals surface area (Å²) in [5.74, 6) is -0.591. The zero-order valence-electron chi connectivity index (χ0n) is 14.7. The number of hydrogen-bond donors (Lipinski definition) is 1. The summed E-state index contributed by atoms with van der Waals surface area (Å²) < 4.78 is 10.2. The third-order valence-corrected chi connectivity index (χ3v) is 5.41. The van der Waals surface area contributed by atoms with Crippen LogP contribution in [0.25, 0.3) is 0 Å². The number of anilines is 1. The van der Waals surface area contributed by atoms with Gasteiger partial charge in [0.25, 0.3) is 5.91 Å². The van der Waals surface area contributed by atoms with Crippen molar-refractivity contribution >= 4 is 34.1 Å². The van der Waals surface area contributed by atoms with E-state index in [2.05, 4.69) is 5.32 Å². The Labute approximate surface area is 156 Å². The summed E-state index contributed by atoms with van der Waals surface area (Å²) >= 11 is 1.28. The number of nitrogens with zero attached hydrogens (tertiary/aromatic N) is 2. The molecule has 1 atom stereocenters. The highest BCUT2D eigenvalue weighted by Crippen LogP contribution is 2.24. The average Bonchev–Trinajstić information content (AvgIpc) is 3.33. The molecule has 8 nitrogen and oxygen atoms in total. The molecule has 1 aromatic heterocycles. The van der Waals surface area contributed by atoms with Gasteiger partial charge in [0, 0.05) is 32.8 Å². The minimum absolute atomic E-state index is 0.0629. The number of thiophene rings is 1. The van der Waals surface area contributed by atoms with Gasteiger partial charge in [-0.05, 0) is 24.3 Å². The van der Waals surface area contributed by atoms with Crippen LogP contribution in [0.15, 0.2) is 11.4 Å². The molecule has 1 N–H and O–H groups in total. The summed E-state index contributed by atoms with van der Waals surface area (Å²) in [4.78, 5) is 40.1. The first kappa shape index (κ1) is 18.8. The SMILES string of the molecule is COC(=O)c1ccsc1NC(=O)CN1CCN(C(=O)C2CCCO2)CC1. The molecular weight excluding hydrogens is 358 g/mol. The van der Waals surface area contributed by atoms with Gasteiger partial charge in [-0.2, -0.15) is 0 Å². The van der Waals surface area contributed by atoms with E-state index in [9.17, 15) is 14.4 Å². The topological polar surface area (TPSA) is 88.2 Å². The minimum Gasteiger partial charge on any atom is -0.465 e. The van der Waals surface area contributed by atoms with E-state index in [1.165, 1.54) is 18.4 Å². The number of esters is 1. The van der Waals surface area contributed by atoms with Crippen LogP contribution in [0.1, 0.15) is 23.2 Å². The predicted molar refractivity (Wildman–Crippen MR) is 96.3 cm³/mol. The van der Waals surface area contributed by atoms with Gasteiger partial charge in [0.2, 0.25) is 5.91 Å². The van der Waals surface area contributed by atoms with E-state index < -0.39 is 5.97 Å². The zero-order chi connectivity index (χ0) is 18.5. The number of rotatable bonds is 5. The highest BCUT2D eigenvalue weighted by molar-refractivity contribution is 7.14. The van der Waals surface area contributed by atoms with Crippen molar-refractivity contribution < 1.29 is 23.9 Å². The smallest absolute Gasteiger partial charge is 0.340 e. The molecule has 2 aliphatic heterocycles. The Balaban J connectivity index is 1.46. The number of carbonyl (C=O) groups is 3. The van der Waals surface area contributed by atoms with Gasteiger partial charge in [0.05, 0.1) is 19.2 Å². The molecule has 2 fully saturated rings. The summed E-state index contributed by atoms with van der Waals surface area (Å²) in [5, 5.41) is 5.00. The van der Waals surface area contributed by atoms with Crippen molar-refractivity contribution in [2.75, 3.05) is 51.8 Å². The molecule has 0 aromatic carbocycles. The first-order valence-electron chi connectivity index (χ1n) is 8.67. The van der Waals surface area contributed by atoms with E-state index in [1.807, 2.05) is 9.80 Å². The molecular formula is C17H23N3O5S. The molecule has 2 aliphatic rings. The molecule has 2 amide bonds. The number of amides is 2. The summed E-state index contributed by atoms with van der Waals surface area (Å²) in [6.07, 6.45) is 1.44. The van der Waals surface area contributed by atoms with Gasteiger partial charge in [-0.25, -0.2) is 4.79 Å². The van der Waals surface area contributed by atoms with Crippen LogP contribution in [-0.2, 0) is 19.1 Å². The van der Waals surface area contributed by atoms with E-state index in [4.69, 9.17) is 9.47 Å². The van der Waals surface area contributed by atoms with Crippen LogP contribution in [0, 0.1) is 0 Å². The fourth-order valence-electron chi connectivity index (χ4n) is 3.15. The quantitative estimate of drug-likeness (QED) is 0.759. The van der Waals surface area contributed by atoms with E-state index >= 15 is 0 Å². The highest BCUT2D eigenvalue weighted by atomic mass is 32.1. The molecule has 0 bridgehead atoms. The number of nitrogens with one attached hydrogen (secondary N) is 1. The van der Waals surface area contributed by atoms with Crippen molar-refractivity contribution in [3.63, 3.8) is 0 Å². The summed E-state index contributed by atoms with van der Waals surface area (Å²) in [6, 6.07) is 1.63. The third-order valence-electron chi connectivity index (χ3n) is 4.58. The largest absolute Gasteiger partial charge is 0.465 e. The summed E-state index contributed by atoms with van der Waals surface area (Å²) in [6.45, 7) is 3.35. The van der Waals surface area contributed by atoms with Crippen LogP contribution in [0.4, 0.5) is 5.00 Å². The monoisotopic (exact) mass is 381 g/mol. The lowest BCUT2D eigenvalue weighted by Gasteiger charge is -2.35. The molecule has 0 aliphatic carbocycles. The zero-order valence-corrected chi connectivity index (χ0v) is 15.5. The second-order valence-electron chi connectivity index (χ2n) is 6.31. The molecule has 3 heterocycles. The van der Waals surface area contributed by atoms with Crippen LogP contribution < -0.4 is 5.32 Å². The number of piperazine rings is 1. The number of carbonyl (C=O) groups excluding carboxylic acids is 3. The Morgan fingerprint density at radius 1 is 1.31 bits per heavy atom. The second-order valence-corrected chi connectivity index (χ2v) is 7.22. The molecule has 26 heavy (non-hydrogen) atoms. The lowest BCUT2D eigenvalue weighted by atomic mass is 10.2. The maximum atomic E-state index is 12.3. The van der Waals surface area contributed by atoms with Crippen LogP contribution in [-0.4, -0.2) is 80.1 Å². The molecule has 3 rings (SSSR count). The van der Waals surface area contributed by atoms with Crippen LogP contribution >= 0.6 is 11.3 Å². The standard InChI is InChI=1S/C17H23N3O5S/c1-24-17(23)12-4-10-26-15(12)18-14(21)11-19-5-7-20(8-6-19)16(22)13-3-2-9-25-13/h4,10,13H,2-3,5-9,11H2,1H3,(H,18,21). The van der Waals surface area contributed by atoms with Crippen molar-refractivity contribution in [2.24, 2.45) is 0 Å². The lowest BCUT2D eigenvalue weighted by molar-refractivity contribution is -0.142. The Morgan fingerprint density at radius 2 is 2.08 bits per heavy atom. The van der Waals surface area contributed by atoms with Crippen molar-refractivity contribution in [3.05, 3.63) is 17.0 Å². The van der Waals surface area contributed by atoms with Gasteiger partial charge in [-0.15, -0.1) is 11.3 Å². The molecule has 0 radical (unpaired) electrons. The molecule has 2 saturated heterocycles. The minimum atomic E-state index is -0.470. The lowest BCUT2D eigenvalue weighted by Crippen LogP contribution is -2.52. The highest BCUT2D eigenvalue weighted by Gasteiger charge is 2.30. The van der Waals surface area contributed by atoms with Crippen LogP contribution in [0.5, 0.6) is 0 Å². The number of methoxy groups -OCH3 is 1. The second kappa shape index (κ2) is 8.61. The van der Waals surface area contributed by atoms with E-state index in [0.29, 0.717) is 43.4 Å². The van der Waals surface area contributed by atoms with Gasteiger partial charge in [0.1, 0.15) is 11.1 Å². The Morgan fingerprint density at radius 3 is 2.73 bits per heavy atom. The van der Waals surface area contributed by atoms with Crippen molar-refractivity contribution in [3.8, 4) is 0 Å². The van der Waals surface area contributed by atoms with E-state index in [1.54, 1.807) is 11.4 Å². The van der Waals surface area contributed by atoms with Gasteiger partial charge in [-0.3, -0.25) is 14.5 Å². The number of hydrogen-bond acceptors (Lipinski definition) is 7. The van der Waals surface area contributed by atoms with Gasteiger partial charge in [0.15, 0.2) is 0 Å².